The lowest BCUT2D eigenvalue weighted by atomic mass is 10.1. The molecule has 1 aliphatic rings. The van der Waals surface area contributed by atoms with E-state index in [-0.39, 0.29) is 5.91 Å². The first-order valence-electron chi connectivity index (χ1n) is 8.40. The molecule has 0 unspecified atom stereocenters. The highest BCUT2D eigenvalue weighted by Crippen LogP contribution is 2.17. The standard InChI is InChI=1S/C17H23N5O3/c1-12-14(13(2)25-20-12)4-5-16(23)21-8-10-22(11-9-21)17-18-7-6-15(19-17)24-3/h6-7H,4-5,8-11H2,1-3H3. The van der Waals surface area contributed by atoms with Gasteiger partial charge in [-0.2, -0.15) is 4.98 Å². The maximum atomic E-state index is 12.5. The van der Waals surface area contributed by atoms with Crippen LogP contribution in [0.2, 0.25) is 0 Å². The van der Waals surface area contributed by atoms with Crippen LogP contribution in [0, 0.1) is 13.8 Å². The summed E-state index contributed by atoms with van der Waals surface area (Å²) in [5.41, 5.74) is 1.90. The minimum absolute atomic E-state index is 0.159. The van der Waals surface area contributed by atoms with Crippen molar-refractivity contribution in [3.63, 3.8) is 0 Å². The SMILES string of the molecule is COc1ccnc(N2CCN(C(=O)CCc3c(C)noc3C)CC2)n1. The van der Waals surface area contributed by atoms with Gasteiger partial charge in [-0.25, -0.2) is 4.98 Å². The largest absolute Gasteiger partial charge is 0.481 e. The van der Waals surface area contributed by atoms with Crippen LogP contribution < -0.4 is 9.64 Å². The molecule has 3 rings (SSSR count). The van der Waals surface area contributed by atoms with Gasteiger partial charge in [-0.15, -0.1) is 0 Å². The van der Waals surface area contributed by atoms with E-state index in [1.54, 1.807) is 19.4 Å². The van der Waals surface area contributed by atoms with Gasteiger partial charge < -0.3 is 19.1 Å². The molecule has 1 amide bonds. The van der Waals surface area contributed by atoms with E-state index in [9.17, 15) is 4.79 Å². The van der Waals surface area contributed by atoms with E-state index in [1.807, 2.05) is 18.7 Å². The summed E-state index contributed by atoms with van der Waals surface area (Å²) in [4.78, 5) is 25.1. The molecular weight excluding hydrogens is 322 g/mol. The Hall–Kier alpha value is -2.64. The first-order valence-corrected chi connectivity index (χ1v) is 8.40. The number of ether oxygens (including phenoxy) is 1. The van der Waals surface area contributed by atoms with E-state index in [4.69, 9.17) is 9.26 Å². The second kappa shape index (κ2) is 7.50. The van der Waals surface area contributed by atoms with Gasteiger partial charge in [0, 0.05) is 50.4 Å². The summed E-state index contributed by atoms with van der Waals surface area (Å²) in [5.74, 6) is 2.14. The van der Waals surface area contributed by atoms with Crippen molar-refractivity contribution < 1.29 is 14.1 Å². The summed E-state index contributed by atoms with van der Waals surface area (Å²) in [6, 6.07) is 1.72. The fourth-order valence-corrected chi connectivity index (χ4v) is 3.00. The van der Waals surface area contributed by atoms with Crippen LogP contribution in [-0.2, 0) is 11.2 Å². The molecule has 0 N–H and O–H groups in total. The van der Waals surface area contributed by atoms with Crippen molar-refractivity contribution >= 4 is 11.9 Å². The molecule has 8 nitrogen and oxygen atoms in total. The van der Waals surface area contributed by atoms with E-state index in [1.165, 1.54) is 0 Å². The molecule has 1 saturated heterocycles. The molecule has 0 atom stereocenters. The zero-order valence-corrected chi connectivity index (χ0v) is 14.9. The van der Waals surface area contributed by atoms with Gasteiger partial charge in [0.15, 0.2) is 0 Å². The molecule has 0 bridgehead atoms. The smallest absolute Gasteiger partial charge is 0.228 e. The summed E-state index contributed by atoms with van der Waals surface area (Å²) < 4.78 is 10.3. The summed E-state index contributed by atoms with van der Waals surface area (Å²) >= 11 is 0. The Morgan fingerprint density at radius 1 is 1.28 bits per heavy atom. The fourth-order valence-electron chi connectivity index (χ4n) is 3.00. The van der Waals surface area contributed by atoms with Crippen LogP contribution in [0.25, 0.3) is 0 Å². The lowest BCUT2D eigenvalue weighted by Crippen LogP contribution is -2.49. The minimum atomic E-state index is 0.159. The molecule has 0 spiro atoms. The lowest BCUT2D eigenvalue weighted by Gasteiger charge is -2.34. The van der Waals surface area contributed by atoms with Crippen molar-refractivity contribution in [3.8, 4) is 5.88 Å². The van der Waals surface area contributed by atoms with Crippen molar-refractivity contribution in [1.29, 1.82) is 0 Å². The maximum absolute atomic E-state index is 12.5. The highest BCUT2D eigenvalue weighted by atomic mass is 16.5. The number of rotatable bonds is 5. The third-order valence-corrected chi connectivity index (χ3v) is 4.51. The van der Waals surface area contributed by atoms with Gasteiger partial charge in [0.05, 0.1) is 12.8 Å². The third-order valence-electron chi connectivity index (χ3n) is 4.51. The lowest BCUT2D eigenvalue weighted by molar-refractivity contribution is -0.131. The molecule has 0 saturated carbocycles. The fraction of sp³-hybridized carbons (Fsp3) is 0.529. The summed E-state index contributed by atoms with van der Waals surface area (Å²) in [6.45, 7) is 6.55. The van der Waals surface area contributed by atoms with E-state index in [0.717, 1.165) is 17.0 Å². The van der Waals surface area contributed by atoms with Crippen LogP contribution in [0.1, 0.15) is 23.4 Å². The van der Waals surface area contributed by atoms with Gasteiger partial charge in [-0.1, -0.05) is 5.16 Å². The highest BCUT2D eigenvalue weighted by molar-refractivity contribution is 5.76. The number of hydrogen-bond donors (Lipinski definition) is 0. The van der Waals surface area contributed by atoms with E-state index >= 15 is 0 Å². The minimum Gasteiger partial charge on any atom is -0.481 e. The average molecular weight is 345 g/mol. The second-order valence-corrected chi connectivity index (χ2v) is 6.07. The Kier molecular flexibility index (Phi) is 5.16. The number of nitrogens with zero attached hydrogens (tertiary/aromatic N) is 5. The Balaban J connectivity index is 1.52. The molecule has 8 heteroatoms. The van der Waals surface area contributed by atoms with Gasteiger partial charge in [0.25, 0.3) is 0 Å². The predicted molar refractivity (Wildman–Crippen MR) is 91.7 cm³/mol. The molecule has 134 valence electrons. The van der Waals surface area contributed by atoms with Gasteiger partial charge >= 0.3 is 0 Å². The molecule has 1 aliphatic heterocycles. The molecule has 25 heavy (non-hydrogen) atoms. The summed E-state index contributed by atoms with van der Waals surface area (Å²) in [5, 5.41) is 3.93. The van der Waals surface area contributed by atoms with Crippen molar-refractivity contribution in [2.24, 2.45) is 0 Å². The van der Waals surface area contributed by atoms with Crippen molar-refractivity contribution in [2.75, 3.05) is 38.2 Å². The predicted octanol–water partition coefficient (Wildman–Crippen LogP) is 1.37. The molecule has 2 aromatic rings. The zero-order chi connectivity index (χ0) is 17.8. The monoisotopic (exact) mass is 345 g/mol. The molecule has 2 aromatic heterocycles. The Bertz CT molecular complexity index is 718. The molecule has 0 radical (unpaired) electrons. The van der Waals surface area contributed by atoms with Crippen LogP contribution >= 0.6 is 0 Å². The Labute approximate surface area is 146 Å². The van der Waals surface area contributed by atoms with Crippen LogP contribution in [0.5, 0.6) is 5.88 Å². The number of methoxy groups -OCH3 is 1. The van der Waals surface area contributed by atoms with Crippen LogP contribution in [0.4, 0.5) is 5.95 Å². The van der Waals surface area contributed by atoms with Gasteiger partial charge in [0.1, 0.15) is 5.76 Å². The Morgan fingerprint density at radius 2 is 2.04 bits per heavy atom. The molecule has 0 aliphatic carbocycles. The maximum Gasteiger partial charge on any atom is 0.228 e. The molecule has 0 aromatic carbocycles. The van der Waals surface area contributed by atoms with Crippen LogP contribution in [0.3, 0.4) is 0 Å². The average Bonchev–Trinajstić information content (AvgIpc) is 2.97. The molecule has 1 fully saturated rings. The number of piperazine rings is 1. The first kappa shape index (κ1) is 17.2. The number of hydrogen-bond acceptors (Lipinski definition) is 7. The molecule has 3 heterocycles. The topological polar surface area (TPSA) is 84.6 Å². The number of aryl methyl sites for hydroxylation is 2. The van der Waals surface area contributed by atoms with Gasteiger partial charge in [-0.3, -0.25) is 4.79 Å². The third kappa shape index (κ3) is 3.89. The number of anilines is 1. The summed E-state index contributed by atoms with van der Waals surface area (Å²) in [7, 11) is 1.59. The normalized spacial score (nSPS) is 14.7. The quantitative estimate of drug-likeness (QED) is 0.809. The van der Waals surface area contributed by atoms with E-state index in [0.29, 0.717) is 50.8 Å². The van der Waals surface area contributed by atoms with Crippen LogP contribution in [0.15, 0.2) is 16.8 Å². The van der Waals surface area contributed by atoms with E-state index < -0.39 is 0 Å². The number of carbonyl (C=O) groups excluding carboxylic acids is 1. The molecular formula is C17H23N5O3. The second-order valence-electron chi connectivity index (χ2n) is 6.07. The van der Waals surface area contributed by atoms with Crippen molar-refractivity contribution in [2.45, 2.75) is 26.7 Å². The van der Waals surface area contributed by atoms with Gasteiger partial charge in [0.2, 0.25) is 17.7 Å². The van der Waals surface area contributed by atoms with Crippen molar-refractivity contribution in [1.82, 2.24) is 20.0 Å². The van der Waals surface area contributed by atoms with Crippen LogP contribution in [-0.4, -0.2) is 59.2 Å². The number of amides is 1. The highest BCUT2D eigenvalue weighted by Gasteiger charge is 2.23. The zero-order valence-electron chi connectivity index (χ0n) is 14.9. The first-order chi connectivity index (χ1) is 12.1. The number of carbonyl (C=O) groups is 1. The van der Waals surface area contributed by atoms with Gasteiger partial charge in [-0.05, 0) is 20.3 Å². The summed E-state index contributed by atoms with van der Waals surface area (Å²) in [6.07, 6.45) is 2.82. The van der Waals surface area contributed by atoms with Crippen molar-refractivity contribution in [3.05, 3.63) is 29.3 Å². The Morgan fingerprint density at radius 3 is 2.68 bits per heavy atom. The number of aromatic nitrogens is 3. The van der Waals surface area contributed by atoms with E-state index in [2.05, 4.69) is 20.0 Å².